The maximum Gasteiger partial charge on any atom is 0.279 e. The summed E-state index contributed by atoms with van der Waals surface area (Å²) in [5, 5.41) is 12.5. The summed E-state index contributed by atoms with van der Waals surface area (Å²) in [7, 11) is -0.416. The Morgan fingerprint density at radius 3 is 2.60 bits per heavy atom. The van der Waals surface area contributed by atoms with Crippen molar-refractivity contribution in [1.82, 2.24) is 19.2 Å². The van der Waals surface area contributed by atoms with Gasteiger partial charge in [-0.1, -0.05) is 0 Å². The van der Waals surface area contributed by atoms with Crippen molar-refractivity contribution in [3.63, 3.8) is 0 Å². The lowest BCUT2D eigenvalue weighted by Gasteiger charge is -2.61. The number of hydrogen-bond donors (Lipinski definition) is 2. The Morgan fingerprint density at radius 1 is 1.28 bits per heavy atom. The Labute approximate surface area is 149 Å². The van der Waals surface area contributed by atoms with Gasteiger partial charge in [-0.3, -0.25) is 4.79 Å². The topological polar surface area (TPSA) is 106 Å². The van der Waals surface area contributed by atoms with Crippen molar-refractivity contribution in [1.29, 1.82) is 5.26 Å². The van der Waals surface area contributed by atoms with Gasteiger partial charge in [0.15, 0.2) is 0 Å². The third-order valence-electron chi connectivity index (χ3n) is 5.83. The van der Waals surface area contributed by atoms with E-state index in [1.54, 1.807) is 4.90 Å². The number of carbonyl (C=O) groups is 1. The van der Waals surface area contributed by atoms with Gasteiger partial charge < -0.3 is 10.2 Å². The molecule has 0 spiro atoms. The fourth-order valence-electron chi connectivity index (χ4n) is 4.63. The van der Waals surface area contributed by atoms with Gasteiger partial charge in [0.2, 0.25) is 5.91 Å². The lowest BCUT2D eigenvalue weighted by atomic mass is 9.55. The first-order valence-corrected chi connectivity index (χ1v) is 10.3. The fourth-order valence-corrected chi connectivity index (χ4v) is 5.60. The van der Waals surface area contributed by atoms with Gasteiger partial charge in [-0.15, -0.1) is 0 Å². The molecule has 0 aromatic carbocycles. The van der Waals surface area contributed by atoms with E-state index in [-0.39, 0.29) is 29.6 Å². The van der Waals surface area contributed by atoms with Crippen LogP contribution in [0.4, 0.5) is 0 Å². The summed E-state index contributed by atoms with van der Waals surface area (Å²) < 4.78 is 28.3. The van der Waals surface area contributed by atoms with Crippen LogP contribution < -0.4 is 10.0 Å². The van der Waals surface area contributed by atoms with Crippen molar-refractivity contribution in [2.24, 2.45) is 0 Å². The zero-order chi connectivity index (χ0) is 18.3. The third-order valence-corrected chi connectivity index (χ3v) is 7.48. The van der Waals surface area contributed by atoms with Crippen LogP contribution >= 0.6 is 0 Å². The van der Waals surface area contributed by atoms with E-state index in [4.69, 9.17) is 5.26 Å². The van der Waals surface area contributed by atoms with Crippen LogP contribution in [0.15, 0.2) is 0 Å². The van der Waals surface area contributed by atoms with Crippen LogP contribution in [-0.2, 0) is 15.0 Å². The average molecular weight is 369 g/mol. The minimum absolute atomic E-state index is 0.0321. The van der Waals surface area contributed by atoms with E-state index in [0.717, 1.165) is 32.1 Å². The van der Waals surface area contributed by atoms with Crippen molar-refractivity contribution in [2.45, 2.75) is 62.1 Å². The molecule has 0 radical (unpaired) electrons. The number of carbonyl (C=O) groups excluding carboxylic acids is 1. The van der Waals surface area contributed by atoms with E-state index in [1.807, 2.05) is 0 Å². The molecule has 4 aliphatic rings. The number of nitriles is 1. The summed E-state index contributed by atoms with van der Waals surface area (Å²) in [4.78, 5) is 14.1. The Balaban J connectivity index is 1.56. The molecule has 1 saturated heterocycles. The van der Waals surface area contributed by atoms with Crippen molar-refractivity contribution in [3.05, 3.63) is 0 Å². The van der Waals surface area contributed by atoms with Crippen LogP contribution in [0.5, 0.6) is 0 Å². The van der Waals surface area contributed by atoms with Gasteiger partial charge in [0.1, 0.15) is 6.04 Å². The number of rotatable bonds is 6. The number of nitrogens with one attached hydrogen (secondary N) is 2. The smallest absolute Gasteiger partial charge is 0.279 e. The summed E-state index contributed by atoms with van der Waals surface area (Å²) in [6, 6.07) is 1.89. The lowest BCUT2D eigenvalue weighted by molar-refractivity contribution is -0.131. The van der Waals surface area contributed by atoms with Crippen molar-refractivity contribution in [2.75, 3.05) is 27.2 Å². The molecule has 0 unspecified atom stereocenters. The molecule has 1 amide bonds. The van der Waals surface area contributed by atoms with E-state index < -0.39 is 10.2 Å². The Morgan fingerprint density at radius 2 is 1.96 bits per heavy atom. The summed E-state index contributed by atoms with van der Waals surface area (Å²) in [5.74, 6) is -0.0321. The second-order valence-corrected chi connectivity index (χ2v) is 9.77. The van der Waals surface area contributed by atoms with Crippen LogP contribution in [0.2, 0.25) is 0 Å². The van der Waals surface area contributed by atoms with Gasteiger partial charge >= 0.3 is 0 Å². The Bertz CT molecular complexity index is 678. The molecule has 3 aliphatic carbocycles. The first-order valence-electron chi connectivity index (χ1n) is 8.87. The molecule has 2 N–H and O–H groups in total. The largest absolute Gasteiger partial charge is 0.326 e. The minimum Gasteiger partial charge on any atom is -0.326 e. The number of nitrogens with zero attached hydrogens (tertiary/aromatic N) is 3. The van der Waals surface area contributed by atoms with Crippen LogP contribution in [0.3, 0.4) is 0 Å². The van der Waals surface area contributed by atoms with E-state index in [9.17, 15) is 13.2 Å². The number of hydrogen-bond acceptors (Lipinski definition) is 5. The van der Waals surface area contributed by atoms with Crippen molar-refractivity contribution < 1.29 is 13.2 Å². The van der Waals surface area contributed by atoms with Gasteiger partial charge in [0.05, 0.1) is 12.6 Å². The van der Waals surface area contributed by atoms with E-state index in [1.165, 1.54) is 18.4 Å². The molecule has 1 atom stereocenters. The molecule has 0 aromatic heterocycles. The quantitative estimate of drug-likeness (QED) is 0.682. The highest BCUT2D eigenvalue weighted by atomic mass is 32.2. The molecular weight excluding hydrogens is 342 g/mol. The molecule has 4 fully saturated rings. The molecule has 4 rings (SSSR count). The molecule has 25 heavy (non-hydrogen) atoms. The maximum atomic E-state index is 12.4. The molecule has 8 nitrogen and oxygen atoms in total. The van der Waals surface area contributed by atoms with Crippen LogP contribution in [0.1, 0.15) is 44.9 Å². The predicted molar refractivity (Wildman–Crippen MR) is 92.6 cm³/mol. The normalized spacial score (nSPS) is 34.6. The van der Waals surface area contributed by atoms with E-state index in [0.29, 0.717) is 19.4 Å². The highest BCUT2D eigenvalue weighted by molar-refractivity contribution is 7.87. The number of likely N-dealkylation sites (tertiary alicyclic amines) is 1. The SMILES string of the molecule is CN(C)S(=O)(=O)NC12CCCC(NCC(=O)N3CCC[C@@H]3C#N)(C1)C2. The second kappa shape index (κ2) is 6.50. The maximum absolute atomic E-state index is 12.4. The number of fused-ring (bicyclic) bond motifs is 2. The predicted octanol–water partition coefficient (Wildman–Crippen LogP) is -0.0581. The molecule has 3 saturated carbocycles. The zero-order valence-electron chi connectivity index (χ0n) is 14.9. The standard InChI is InChI=1S/C16H27N5O3S/c1-20(2)25(23,24)19-16-7-4-6-15(11-16,12-16)18-10-14(22)21-8-3-5-13(21)9-17/h13,18-19H,3-8,10-12H2,1-2H3/t13-,15?,16?/m1/s1. The van der Waals surface area contributed by atoms with Crippen molar-refractivity contribution in [3.8, 4) is 6.07 Å². The third kappa shape index (κ3) is 3.53. The fraction of sp³-hybridized carbons (Fsp3) is 0.875. The van der Waals surface area contributed by atoms with E-state index in [2.05, 4.69) is 16.1 Å². The Kier molecular flexibility index (Phi) is 4.83. The molecule has 1 aliphatic heterocycles. The monoisotopic (exact) mass is 369 g/mol. The molecule has 9 heteroatoms. The van der Waals surface area contributed by atoms with Crippen LogP contribution in [-0.4, -0.2) is 67.8 Å². The van der Waals surface area contributed by atoms with Gasteiger partial charge in [0, 0.05) is 31.7 Å². The van der Waals surface area contributed by atoms with Crippen LogP contribution in [0, 0.1) is 11.3 Å². The lowest BCUT2D eigenvalue weighted by Crippen LogP contribution is -2.73. The second-order valence-electron chi connectivity index (χ2n) is 7.89. The highest BCUT2D eigenvalue weighted by Gasteiger charge is 2.58. The minimum atomic E-state index is -3.46. The molecule has 2 bridgehead atoms. The summed E-state index contributed by atoms with van der Waals surface area (Å²) >= 11 is 0. The van der Waals surface area contributed by atoms with Gasteiger partial charge in [-0.2, -0.15) is 22.7 Å². The zero-order valence-corrected chi connectivity index (χ0v) is 15.7. The summed E-state index contributed by atoms with van der Waals surface area (Å²) in [6.07, 6.45) is 5.77. The number of amides is 1. The van der Waals surface area contributed by atoms with Gasteiger partial charge in [-0.05, 0) is 44.9 Å². The van der Waals surface area contributed by atoms with Gasteiger partial charge in [0.25, 0.3) is 10.2 Å². The summed E-state index contributed by atoms with van der Waals surface area (Å²) in [6.45, 7) is 0.868. The summed E-state index contributed by atoms with van der Waals surface area (Å²) in [5.41, 5.74) is -0.551. The van der Waals surface area contributed by atoms with E-state index >= 15 is 0 Å². The highest BCUT2D eigenvalue weighted by Crippen LogP contribution is 2.52. The molecular formula is C16H27N5O3S. The van der Waals surface area contributed by atoms with Gasteiger partial charge in [-0.25, -0.2) is 0 Å². The molecule has 0 aromatic rings. The van der Waals surface area contributed by atoms with Crippen molar-refractivity contribution >= 4 is 16.1 Å². The van der Waals surface area contributed by atoms with Crippen LogP contribution in [0.25, 0.3) is 0 Å². The molecule has 140 valence electrons. The average Bonchev–Trinajstić information content (AvgIpc) is 3.00. The first-order chi connectivity index (χ1) is 11.7. The first kappa shape index (κ1) is 18.6. The molecule has 1 heterocycles. The Hall–Kier alpha value is -1.21.